The summed E-state index contributed by atoms with van der Waals surface area (Å²) in [6.07, 6.45) is 3.34. The van der Waals surface area contributed by atoms with Crippen LogP contribution in [0.3, 0.4) is 0 Å². The molecule has 1 aliphatic heterocycles. The number of fused-ring (bicyclic) bond motifs is 1. The first-order chi connectivity index (χ1) is 16.8. The molecular formula is C28H29BrN2O3S. The van der Waals surface area contributed by atoms with Crippen LogP contribution in [0.4, 0.5) is 0 Å². The fourth-order valence-electron chi connectivity index (χ4n) is 4.21. The van der Waals surface area contributed by atoms with E-state index in [1.165, 1.54) is 16.9 Å². The van der Waals surface area contributed by atoms with E-state index in [-0.39, 0.29) is 12.2 Å². The molecule has 0 N–H and O–H groups in total. The lowest BCUT2D eigenvalue weighted by Crippen LogP contribution is -2.40. The van der Waals surface area contributed by atoms with Gasteiger partial charge >= 0.3 is 5.97 Å². The van der Waals surface area contributed by atoms with Gasteiger partial charge in [-0.05, 0) is 54.2 Å². The van der Waals surface area contributed by atoms with Gasteiger partial charge in [0.1, 0.15) is 0 Å². The van der Waals surface area contributed by atoms with Crippen molar-refractivity contribution in [1.29, 1.82) is 0 Å². The quantitative estimate of drug-likeness (QED) is 0.365. The van der Waals surface area contributed by atoms with E-state index < -0.39 is 12.0 Å². The van der Waals surface area contributed by atoms with Crippen molar-refractivity contribution in [2.24, 2.45) is 4.99 Å². The Kier molecular flexibility index (Phi) is 7.87. The second kappa shape index (κ2) is 10.9. The van der Waals surface area contributed by atoms with Crippen molar-refractivity contribution in [3.63, 3.8) is 0 Å². The van der Waals surface area contributed by atoms with Gasteiger partial charge in [0.15, 0.2) is 4.80 Å². The van der Waals surface area contributed by atoms with Gasteiger partial charge in [-0.25, -0.2) is 9.79 Å². The first-order valence-electron chi connectivity index (χ1n) is 11.9. The minimum atomic E-state index is -0.583. The number of carbonyl (C=O) groups excluding carboxylic acids is 1. The summed E-state index contributed by atoms with van der Waals surface area (Å²) in [6, 6.07) is 15.4. The zero-order chi connectivity index (χ0) is 25.1. The number of benzene rings is 2. The number of esters is 1. The molecule has 7 heteroatoms. The molecule has 1 atom stereocenters. The van der Waals surface area contributed by atoms with Crippen LogP contribution in [0.25, 0.3) is 6.08 Å². The van der Waals surface area contributed by atoms with E-state index in [2.05, 4.69) is 48.8 Å². The van der Waals surface area contributed by atoms with Crippen LogP contribution in [0, 0.1) is 0 Å². The number of halogens is 1. The van der Waals surface area contributed by atoms with Crippen LogP contribution in [0.1, 0.15) is 69.2 Å². The molecule has 0 saturated carbocycles. The average Bonchev–Trinajstić information content (AvgIpc) is 3.14. The lowest BCUT2D eigenvalue weighted by Gasteiger charge is -2.26. The molecule has 0 saturated heterocycles. The van der Waals surface area contributed by atoms with E-state index >= 15 is 0 Å². The third-order valence-electron chi connectivity index (χ3n) is 5.98. The summed E-state index contributed by atoms with van der Waals surface area (Å²) in [4.78, 5) is 32.4. The van der Waals surface area contributed by atoms with Gasteiger partial charge < -0.3 is 4.74 Å². The highest BCUT2D eigenvalue weighted by atomic mass is 79.9. The van der Waals surface area contributed by atoms with Crippen LogP contribution in [0.15, 0.2) is 74.1 Å². The maximum Gasteiger partial charge on any atom is 0.338 e. The predicted molar refractivity (Wildman–Crippen MR) is 144 cm³/mol. The molecule has 0 radical (unpaired) electrons. The molecule has 0 bridgehead atoms. The monoisotopic (exact) mass is 552 g/mol. The number of aromatic nitrogens is 1. The Hall–Kier alpha value is -2.77. The van der Waals surface area contributed by atoms with Gasteiger partial charge in [-0.3, -0.25) is 9.36 Å². The van der Waals surface area contributed by atoms with Crippen molar-refractivity contribution in [3.05, 3.63) is 101 Å². The summed E-state index contributed by atoms with van der Waals surface area (Å²) in [7, 11) is 0. The highest BCUT2D eigenvalue weighted by Crippen LogP contribution is 2.33. The normalized spacial score (nSPS) is 15.8. The number of allylic oxidation sites excluding steroid dienone is 1. The molecule has 2 heterocycles. The Labute approximate surface area is 217 Å². The number of nitrogens with zero attached hydrogens (tertiary/aromatic N) is 2. The van der Waals surface area contributed by atoms with Gasteiger partial charge in [-0.1, -0.05) is 90.9 Å². The molecule has 0 spiro atoms. The zero-order valence-corrected chi connectivity index (χ0v) is 22.8. The Morgan fingerprint density at radius 2 is 1.83 bits per heavy atom. The standard InChI is InChI=1S/C28H29BrN2O3S/c1-5-7-22-24(27(33)34-6-2)25(20-12-10-19(11-13-20)17(3)4)31-26(32)23(35-28(31)30-22)16-18-8-14-21(29)15-9-18/h8-17,25H,5-7H2,1-4H3/b23-16-/t25-/m1/s1. The summed E-state index contributed by atoms with van der Waals surface area (Å²) >= 11 is 4.81. The van der Waals surface area contributed by atoms with Gasteiger partial charge in [0, 0.05) is 4.47 Å². The fourth-order valence-corrected chi connectivity index (χ4v) is 5.49. The highest BCUT2D eigenvalue weighted by molar-refractivity contribution is 9.10. The molecule has 4 rings (SSSR count). The predicted octanol–water partition coefficient (Wildman–Crippen LogP) is 5.46. The van der Waals surface area contributed by atoms with E-state index in [1.54, 1.807) is 11.5 Å². The Morgan fingerprint density at radius 1 is 1.14 bits per heavy atom. The van der Waals surface area contributed by atoms with Gasteiger partial charge in [-0.15, -0.1) is 0 Å². The van der Waals surface area contributed by atoms with Crippen molar-refractivity contribution < 1.29 is 9.53 Å². The average molecular weight is 554 g/mol. The first-order valence-corrected chi connectivity index (χ1v) is 13.5. The number of ether oxygens (including phenoxy) is 1. The molecule has 0 unspecified atom stereocenters. The second-order valence-electron chi connectivity index (χ2n) is 8.79. The van der Waals surface area contributed by atoms with E-state index in [4.69, 9.17) is 9.73 Å². The van der Waals surface area contributed by atoms with Crippen LogP contribution < -0.4 is 14.9 Å². The molecule has 182 valence electrons. The first kappa shape index (κ1) is 25.3. The molecular weight excluding hydrogens is 524 g/mol. The topological polar surface area (TPSA) is 60.7 Å². The van der Waals surface area contributed by atoms with Crippen LogP contribution in [-0.2, 0) is 9.53 Å². The van der Waals surface area contributed by atoms with E-state index in [0.29, 0.717) is 32.9 Å². The molecule has 1 aromatic heterocycles. The molecule has 1 aliphatic rings. The summed E-state index contributed by atoms with van der Waals surface area (Å²) in [5.41, 5.74) is 3.99. The van der Waals surface area contributed by atoms with Gasteiger partial charge in [0.05, 0.1) is 28.5 Å². The number of carbonyl (C=O) groups is 1. The van der Waals surface area contributed by atoms with Crippen molar-refractivity contribution in [1.82, 2.24) is 4.57 Å². The SMILES string of the molecule is CCCC1=C(C(=O)OCC)[C@@H](c2ccc(C(C)C)cc2)n2c(s/c(=C\c3ccc(Br)cc3)c2=O)=N1. The summed E-state index contributed by atoms with van der Waals surface area (Å²) in [5, 5.41) is 0. The lowest BCUT2D eigenvalue weighted by atomic mass is 9.92. The van der Waals surface area contributed by atoms with Crippen LogP contribution in [0.5, 0.6) is 0 Å². The number of hydrogen-bond acceptors (Lipinski definition) is 5. The smallest absolute Gasteiger partial charge is 0.338 e. The van der Waals surface area contributed by atoms with Crippen molar-refractivity contribution >= 4 is 39.3 Å². The van der Waals surface area contributed by atoms with Gasteiger partial charge in [0.2, 0.25) is 0 Å². The van der Waals surface area contributed by atoms with Gasteiger partial charge in [0.25, 0.3) is 5.56 Å². The second-order valence-corrected chi connectivity index (χ2v) is 10.7. The third kappa shape index (κ3) is 5.26. The molecule has 2 aromatic carbocycles. The molecule has 5 nitrogen and oxygen atoms in total. The molecule has 0 fully saturated rings. The Morgan fingerprint density at radius 3 is 2.43 bits per heavy atom. The maximum atomic E-state index is 13.7. The fraction of sp³-hybridized carbons (Fsp3) is 0.321. The van der Waals surface area contributed by atoms with Gasteiger partial charge in [-0.2, -0.15) is 0 Å². The Balaban J connectivity index is 1.97. The summed E-state index contributed by atoms with van der Waals surface area (Å²) in [6.45, 7) is 8.39. The number of thiazole rings is 1. The van der Waals surface area contributed by atoms with E-state index in [0.717, 1.165) is 22.0 Å². The molecule has 35 heavy (non-hydrogen) atoms. The Bertz CT molecular complexity index is 1430. The minimum absolute atomic E-state index is 0.160. The van der Waals surface area contributed by atoms with Crippen LogP contribution >= 0.6 is 27.3 Å². The minimum Gasteiger partial charge on any atom is -0.463 e. The largest absolute Gasteiger partial charge is 0.463 e. The highest BCUT2D eigenvalue weighted by Gasteiger charge is 2.34. The molecule has 0 aliphatic carbocycles. The summed E-state index contributed by atoms with van der Waals surface area (Å²) < 4.78 is 8.67. The number of rotatable bonds is 7. The van der Waals surface area contributed by atoms with Crippen LogP contribution in [-0.4, -0.2) is 17.1 Å². The zero-order valence-electron chi connectivity index (χ0n) is 20.4. The van der Waals surface area contributed by atoms with Crippen molar-refractivity contribution in [2.75, 3.05) is 6.61 Å². The lowest BCUT2D eigenvalue weighted by molar-refractivity contribution is -0.139. The van der Waals surface area contributed by atoms with E-state index in [9.17, 15) is 9.59 Å². The van der Waals surface area contributed by atoms with Crippen molar-refractivity contribution in [2.45, 2.75) is 52.5 Å². The maximum absolute atomic E-state index is 13.7. The van der Waals surface area contributed by atoms with Crippen molar-refractivity contribution in [3.8, 4) is 0 Å². The molecule has 3 aromatic rings. The molecule has 0 amide bonds. The third-order valence-corrected chi connectivity index (χ3v) is 7.49. The number of hydrogen-bond donors (Lipinski definition) is 0. The van der Waals surface area contributed by atoms with Crippen LogP contribution in [0.2, 0.25) is 0 Å². The van der Waals surface area contributed by atoms with E-state index in [1.807, 2.05) is 42.5 Å². The summed E-state index contributed by atoms with van der Waals surface area (Å²) in [5.74, 6) is -0.0347.